The van der Waals surface area contributed by atoms with Gasteiger partial charge in [0.1, 0.15) is 17.0 Å². The van der Waals surface area contributed by atoms with E-state index in [2.05, 4.69) is 48.0 Å². The van der Waals surface area contributed by atoms with Gasteiger partial charge in [-0.15, -0.1) is 0 Å². The maximum absolute atomic E-state index is 14.6. The molecule has 9 heteroatoms. The van der Waals surface area contributed by atoms with Gasteiger partial charge in [0.05, 0.1) is 11.9 Å². The summed E-state index contributed by atoms with van der Waals surface area (Å²) in [6.07, 6.45) is 7.01. The maximum Gasteiger partial charge on any atom is 0.229 e. The fourth-order valence-electron chi connectivity index (χ4n) is 6.48. The standard InChI is InChI=1S/C26H31FN8/c1-3-33-13-25(14-33)15-35(16-25)19-4-5-20(29-11-19)31-23-30-10-18-6-8-28-22(21(18)32-23)34-9-7-26(17-34)12-24(26,2)27/h4-6,8,10-11H,3,7,9,12-17H2,1-2H3,(H,29,30,31,32). The third kappa shape index (κ3) is 3.35. The summed E-state index contributed by atoms with van der Waals surface area (Å²) >= 11 is 0. The van der Waals surface area contributed by atoms with Gasteiger partial charge in [-0.05, 0) is 44.5 Å². The summed E-state index contributed by atoms with van der Waals surface area (Å²) in [5, 5.41) is 4.17. The molecule has 7 rings (SSSR count). The van der Waals surface area contributed by atoms with Gasteiger partial charge in [0.15, 0.2) is 5.82 Å². The van der Waals surface area contributed by atoms with Crippen LogP contribution in [0, 0.1) is 10.8 Å². The second-order valence-electron chi connectivity index (χ2n) is 11.3. The topological polar surface area (TPSA) is 73.3 Å². The van der Waals surface area contributed by atoms with Crippen LogP contribution in [-0.4, -0.2) is 76.3 Å². The van der Waals surface area contributed by atoms with Crippen LogP contribution < -0.4 is 15.1 Å². The number of alkyl halides is 1. The van der Waals surface area contributed by atoms with Crippen molar-refractivity contribution in [2.45, 2.75) is 32.4 Å². The van der Waals surface area contributed by atoms with Crippen LogP contribution in [0.5, 0.6) is 0 Å². The Bertz CT molecular complexity index is 1280. The highest BCUT2D eigenvalue weighted by atomic mass is 19.1. The minimum Gasteiger partial charge on any atom is -0.369 e. The average Bonchev–Trinajstić information content (AvgIpc) is 3.11. The zero-order valence-corrected chi connectivity index (χ0v) is 20.3. The van der Waals surface area contributed by atoms with E-state index in [1.165, 1.54) is 13.1 Å². The average molecular weight is 475 g/mol. The molecule has 2 spiro atoms. The molecule has 1 N–H and O–H groups in total. The third-order valence-corrected chi connectivity index (χ3v) is 8.75. The molecule has 6 heterocycles. The van der Waals surface area contributed by atoms with Crippen LogP contribution in [0.1, 0.15) is 26.7 Å². The highest BCUT2D eigenvalue weighted by Crippen LogP contribution is 2.64. The molecule has 0 amide bonds. The van der Waals surface area contributed by atoms with Crippen molar-refractivity contribution in [3.8, 4) is 0 Å². The van der Waals surface area contributed by atoms with E-state index in [9.17, 15) is 4.39 Å². The molecule has 8 nitrogen and oxygen atoms in total. The predicted molar refractivity (Wildman–Crippen MR) is 135 cm³/mol. The zero-order valence-electron chi connectivity index (χ0n) is 20.3. The first-order valence-corrected chi connectivity index (χ1v) is 12.6. The molecule has 3 saturated heterocycles. The molecule has 1 saturated carbocycles. The summed E-state index contributed by atoms with van der Waals surface area (Å²) in [6.45, 7) is 11.2. The van der Waals surface area contributed by atoms with Gasteiger partial charge in [0, 0.05) is 67.9 Å². The Hall–Kier alpha value is -3.07. The van der Waals surface area contributed by atoms with Crippen LogP contribution >= 0.6 is 0 Å². The van der Waals surface area contributed by atoms with E-state index in [0.29, 0.717) is 30.1 Å². The van der Waals surface area contributed by atoms with Gasteiger partial charge < -0.3 is 20.0 Å². The van der Waals surface area contributed by atoms with Crippen LogP contribution in [0.25, 0.3) is 10.9 Å². The molecule has 1 aliphatic carbocycles. The SMILES string of the molecule is CCN1CC2(C1)CN(c1ccc(Nc3ncc4ccnc(N5CCC6(C5)CC6(C)F)c4n3)nc1)C2. The lowest BCUT2D eigenvalue weighted by Crippen LogP contribution is -2.72. The Morgan fingerprint density at radius 2 is 1.83 bits per heavy atom. The number of hydrogen-bond acceptors (Lipinski definition) is 8. The van der Waals surface area contributed by atoms with Gasteiger partial charge in [0.25, 0.3) is 0 Å². The van der Waals surface area contributed by atoms with Crippen LogP contribution in [0.15, 0.2) is 36.8 Å². The second kappa shape index (κ2) is 7.22. The molecule has 0 radical (unpaired) electrons. The summed E-state index contributed by atoms with van der Waals surface area (Å²) in [7, 11) is 0. The first-order chi connectivity index (χ1) is 16.9. The van der Waals surface area contributed by atoms with E-state index >= 15 is 0 Å². The lowest BCUT2D eigenvalue weighted by molar-refractivity contribution is -0.0178. The molecule has 182 valence electrons. The van der Waals surface area contributed by atoms with E-state index in [4.69, 9.17) is 4.98 Å². The minimum absolute atomic E-state index is 0.221. The normalized spacial score (nSPS) is 29.0. The Balaban J connectivity index is 1.06. The largest absolute Gasteiger partial charge is 0.369 e. The molecule has 3 aromatic heterocycles. The van der Waals surface area contributed by atoms with Gasteiger partial charge in [-0.2, -0.15) is 0 Å². The lowest BCUT2D eigenvalue weighted by atomic mass is 9.72. The summed E-state index contributed by atoms with van der Waals surface area (Å²) in [5.74, 6) is 2.00. The maximum atomic E-state index is 14.6. The number of aromatic nitrogens is 4. The Labute approximate surface area is 204 Å². The van der Waals surface area contributed by atoms with Crippen molar-refractivity contribution in [1.82, 2.24) is 24.8 Å². The molecule has 3 aromatic rings. The number of halogens is 1. The second-order valence-corrected chi connectivity index (χ2v) is 11.3. The molecule has 3 aliphatic heterocycles. The Morgan fingerprint density at radius 1 is 1.00 bits per heavy atom. The van der Waals surface area contributed by atoms with Gasteiger partial charge in [-0.3, -0.25) is 0 Å². The first-order valence-electron chi connectivity index (χ1n) is 12.6. The molecule has 2 unspecified atom stereocenters. The van der Waals surface area contributed by atoms with Crippen molar-refractivity contribution in [2.75, 3.05) is 60.9 Å². The van der Waals surface area contributed by atoms with Crippen molar-refractivity contribution in [3.63, 3.8) is 0 Å². The zero-order chi connectivity index (χ0) is 23.8. The number of hydrogen-bond donors (Lipinski definition) is 1. The number of nitrogens with one attached hydrogen (secondary N) is 1. The fourth-order valence-corrected chi connectivity index (χ4v) is 6.48. The summed E-state index contributed by atoms with van der Waals surface area (Å²) in [5.41, 5.74) is 1.16. The number of pyridine rings is 2. The third-order valence-electron chi connectivity index (χ3n) is 8.75. The highest BCUT2D eigenvalue weighted by molar-refractivity contribution is 5.89. The summed E-state index contributed by atoms with van der Waals surface area (Å²) < 4.78 is 14.6. The molecule has 4 aliphatic rings. The quantitative estimate of drug-likeness (QED) is 0.601. The summed E-state index contributed by atoms with van der Waals surface area (Å²) in [4.78, 5) is 25.6. The Morgan fingerprint density at radius 3 is 2.51 bits per heavy atom. The number of nitrogens with zero attached hydrogens (tertiary/aromatic N) is 7. The number of anilines is 4. The van der Waals surface area contributed by atoms with Crippen LogP contribution in [0.3, 0.4) is 0 Å². The Kier molecular flexibility index (Phi) is 4.38. The van der Waals surface area contributed by atoms with E-state index in [1.807, 2.05) is 24.5 Å². The van der Waals surface area contributed by atoms with Crippen molar-refractivity contribution in [3.05, 3.63) is 36.8 Å². The number of fused-ring (bicyclic) bond motifs is 1. The fraction of sp³-hybridized carbons (Fsp3) is 0.538. The molecule has 35 heavy (non-hydrogen) atoms. The van der Waals surface area contributed by atoms with Crippen molar-refractivity contribution >= 4 is 34.2 Å². The van der Waals surface area contributed by atoms with Crippen LogP contribution in [-0.2, 0) is 0 Å². The van der Waals surface area contributed by atoms with Crippen molar-refractivity contribution in [2.24, 2.45) is 10.8 Å². The molecule has 0 bridgehead atoms. The monoisotopic (exact) mass is 474 g/mol. The number of likely N-dealkylation sites (tertiary alicyclic amines) is 1. The highest BCUT2D eigenvalue weighted by Gasteiger charge is 2.68. The van der Waals surface area contributed by atoms with E-state index in [-0.39, 0.29) is 5.41 Å². The van der Waals surface area contributed by atoms with E-state index in [1.54, 1.807) is 13.1 Å². The van der Waals surface area contributed by atoms with Crippen molar-refractivity contribution in [1.29, 1.82) is 0 Å². The van der Waals surface area contributed by atoms with Gasteiger partial charge >= 0.3 is 0 Å². The van der Waals surface area contributed by atoms with Gasteiger partial charge in [0.2, 0.25) is 5.95 Å². The van der Waals surface area contributed by atoms with Gasteiger partial charge in [-0.1, -0.05) is 6.92 Å². The first kappa shape index (κ1) is 21.2. The lowest BCUT2D eigenvalue weighted by Gasteiger charge is -2.61. The van der Waals surface area contributed by atoms with E-state index in [0.717, 1.165) is 55.0 Å². The molecule has 2 atom stereocenters. The molecular formula is C26H31FN8. The van der Waals surface area contributed by atoms with Gasteiger partial charge in [-0.25, -0.2) is 24.3 Å². The minimum atomic E-state index is -1.06. The van der Waals surface area contributed by atoms with E-state index < -0.39 is 5.67 Å². The smallest absolute Gasteiger partial charge is 0.229 e. The van der Waals surface area contributed by atoms with Crippen molar-refractivity contribution < 1.29 is 4.39 Å². The molecule has 4 fully saturated rings. The molecular weight excluding hydrogens is 443 g/mol. The molecule has 0 aromatic carbocycles. The summed E-state index contributed by atoms with van der Waals surface area (Å²) in [6, 6.07) is 6.01. The van der Waals surface area contributed by atoms with Crippen LogP contribution in [0.4, 0.5) is 27.7 Å². The van der Waals surface area contributed by atoms with Crippen LogP contribution in [0.2, 0.25) is 0 Å². The number of rotatable bonds is 5. The predicted octanol–water partition coefficient (Wildman–Crippen LogP) is 3.63.